The normalized spacial score (nSPS) is 10.2. The van der Waals surface area contributed by atoms with E-state index >= 15 is 0 Å². The van der Waals surface area contributed by atoms with Gasteiger partial charge in [0.15, 0.2) is 0 Å². The second kappa shape index (κ2) is 6.02. The predicted octanol–water partition coefficient (Wildman–Crippen LogP) is 3.63. The maximum absolute atomic E-state index is 11.1. The summed E-state index contributed by atoms with van der Waals surface area (Å²) in [7, 11) is 1.53. The fourth-order valence-electron chi connectivity index (χ4n) is 1.45. The molecular weight excluding hydrogens is 352 g/mol. The molecule has 2 aromatic rings. The quantitative estimate of drug-likeness (QED) is 0.662. The number of nitro groups is 1. The second-order valence-electron chi connectivity index (χ2n) is 3.56. The predicted molar refractivity (Wildman–Crippen MR) is 77.5 cm³/mol. The third-order valence-corrected chi connectivity index (χ3v) is 3.16. The molecule has 104 valence electrons. The fourth-order valence-corrected chi connectivity index (χ4v) is 2.21. The van der Waals surface area contributed by atoms with Gasteiger partial charge in [-0.15, -0.1) is 0 Å². The summed E-state index contributed by atoms with van der Waals surface area (Å²) in [5, 5.41) is 14.2. The third kappa shape index (κ3) is 2.97. The van der Waals surface area contributed by atoms with E-state index in [-0.39, 0.29) is 17.4 Å². The molecule has 1 N–H and O–H groups in total. The van der Waals surface area contributed by atoms with Gasteiger partial charge >= 0.3 is 11.6 Å². The summed E-state index contributed by atoms with van der Waals surface area (Å²) >= 11 is 9.08. The van der Waals surface area contributed by atoms with E-state index in [2.05, 4.69) is 31.2 Å². The molecule has 0 bridgehead atoms. The van der Waals surface area contributed by atoms with E-state index in [0.29, 0.717) is 15.2 Å². The van der Waals surface area contributed by atoms with E-state index in [1.165, 1.54) is 13.4 Å². The molecule has 0 saturated carbocycles. The van der Waals surface area contributed by atoms with Gasteiger partial charge < -0.3 is 10.1 Å². The Balaban J connectivity index is 2.45. The van der Waals surface area contributed by atoms with Gasteiger partial charge in [-0.05, 0) is 34.1 Å². The highest BCUT2D eigenvalue weighted by Gasteiger charge is 2.24. The van der Waals surface area contributed by atoms with Crippen molar-refractivity contribution in [3.05, 3.63) is 44.1 Å². The highest BCUT2D eigenvalue weighted by Crippen LogP contribution is 2.37. The standard InChI is InChI=1S/C11H8BrClN4O3/c1-14-10-9(17(18)19)11(16-5-15-10)20-8-3-2-6(13)4-7(8)12/h2-5H,1H3,(H,14,15,16). The van der Waals surface area contributed by atoms with Crippen molar-refractivity contribution >= 4 is 39.0 Å². The molecule has 2 rings (SSSR count). The molecule has 0 spiro atoms. The molecule has 0 aliphatic rings. The Labute approximate surface area is 127 Å². The number of hydrogen-bond donors (Lipinski definition) is 1. The number of hydrogen-bond acceptors (Lipinski definition) is 6. The SMILES string of the molecule is CNc1ncnc(Oc2ccc(Cl)cc2Br)c1[N+](=O)[O-]. The summed E-state index contributed by atoms with van der Waals surface area (Å²) < 4.78 is 6.02. The molecule has 0 amide bonds. The summed E-state index contributed by atoms with van der Waals surface area (Å²) in [5.41, 5.74) is -0.336. The van der Waals surface area contributed by atoms with Gasteiger partial charge in [0.2, 0.25) is 5.82 Å². The molecule has 1 aromatic heterocycles. The average molecular weight is 360 g/mol. The molecule has 1 heterocycles. The minimum absolute atomic E-state index is 0.0742. The Morgan fingerprint density at radius 2 is 2.20 bits per heavy atom. The lowest BCUT2D eigenvalue weighted by Gasteiger charge is -2.08. The maximum atomic E-state index is 11.1. The van der Waals surface area contributed by atoms with Crippen molar-refractivity contribution in [2.75, 3.05) is 12.4 Å². The van der Waals surface area contributed by atoms with Crippen molar-refractivity contribution in [3.8, 4) is 11.6 Å². The molecule has 0 atom stereocenters. The monoisotopic (exact) mass is 358 g/mol. The van der Waals surface area contributed by atoms with Gasteiger partial charge in [-0.3, -0.25) is 10.1 Å². The molecule has 7 nitrogen and oxygen atoms in total. The van der Waals surface area contributed by atoms with Crippen LogP contribution in [0.25, 0.3) is 0 Å². The molecular formula is C11H8BrClN4O3. The van der Waals surface area contributed by atoms with Gasteiger partial charge in [0.05, 0.1) is 9.40 Å². The lowest BCUT2D eigenvalue weighted by atomic mass is 10.3. The van der Waals surface area contributed by atoms with Crippen molar-refractivity contribution in [2.45, 2.75) is 0 Å². The van der Waals surface area contributed by atoms with Crippen LogP contribution < -0.4 is 10.1 Å². The highest BCUT2D eigenvalue weighted by atomic mass is 79.9. The van der Waals surface area contributed by atoms with E-state index < -0.39 is 4.92 Å². The number of benzene rings is 1. The number of rotatable bonds is 4. The lowest BCUT2D eigenvalue weighted by molar-refractivity contribution is -0.385. The lowest BCUT2D eigenvalue weighted by Crippen LogP contribution is -2.03. The first-order chi connectivity index (χ1) is 9.52. The number of nitrogens with one attached hydrogen (secondary N) is 1. The van der Waals surface area contributed by atoms with Gasteiger partial charge in [-0.2, -0.15) is 4.98 Å². The smallest absolute Gasteiger partial charge is 0.373 e. The Morgan fingerprint density at radius 3 is 2.80 bits per heavy atom. The molecule has 0 aliphatic carbocycles. The molecule has 9 heteroatoms. The van der Waals surface area contributed by atoms with Crippen LogP contribution >= 0.6 is 27.5 Å². The zero-order valence-electron chi connectivity index (χ0n) is 10.1. The largest absolute Gasteiger partial charge is 0.432 e. The molecule has 0 fully saturated rings. The topological polar surface area (TPSA) is 90.2 Å². The van der Waals surface area contributed by atoms with Crippen LogP contribution in [0.15, 0.2) is 29.0 Å². The van der Waals surface area contributed by atoms with Gasteiger partial charge in [-0.25, -0.2) is 4.98 Å². The Kier molecular flexibility index (Phi) is 4.35. The van der Waals surface area contributed by atoms with Crippen LogP contribution in [0.2, 0.25) is 5.02 Å². The van der Waals surface area contributed by atoms with E-state index in [0.717, 1.165) is 0 Å². The van der Waals surface area contributed by atoms with Crippen LogP contribution in [-0.2, 0) is 0 Å². The van der Waals surface area contributed by atoms with Crippen LogP contribution in [0.4, 0.5) is 11.5 Å². The Hall–Kier alpha value is -1.93. The Morgan fingerprint density at radius 1 is 1.45 bits per heavy atom. The molecule has 0 unspecified atom stereocenters. The molecule has 20 heavy (non-hydrogen) atoms. The van der Waals surface area contributed by atoms with Crippen molar-refractivity contribution in [3.63, 3.8) is 0 Å². The third-order valence-electron chi connectivity index (χ3n) is 2.31. The van der Waals surface area contributed by atoms with Crippen molar-refractivity contribution in [2.24, 2.45) is 0 Å². The molecule has 0 saturated heterocycles. The van der Waals surface area contributed by atoms with E-state index in [9.17, 15) is 10.1 Å². The number of anilines is 1. The first kappa shape index (κ1) is 14.5. The number of aromatic nitrogens is 2. The number of nitrogens with zero attached hydrogens (tertiary/aromatic N) is 3. The first-order valence-electron chi connectivity index (χ1n) is 5.33. The summed E-state index contributed by atoms with van der Waals surface area (Å²) in [6, 6.07) is 4.80. The van der Waals surface area contributed by atoms with Gasteiger partial charge in [-0.1, -0.05) is 11.6 Å². The van der Waals surface area contributed by atoms with Crippen LogP contribution in [0.1, 0.15) is 0 Å². The van der Waals surface area contributed by atoms with Crippen LogP contribution in [0, 0.1) is 10.1 Å². The Bertz CT molecular complexity index is 668. The van der Waals surface area contributed by atoms with Crippen molar-refractivity contribution < 1.29 is 9.66 Å². The van der Waals surface area contributed by atoms with Crippen LogP contribution in [0.5, 0.6) is 11.6 Å². The summed E-state index contributed by atoms with van der Waals surface area (Å²) in [6.07, 6.45) is 1.18. The minimum Gasteiger partial charge on any atom is -0.432 e. The van der Waals surface area contributed by atoms with E-state index in [4.69, 9.17) is 16.3 Å². The van der Waals surface area contributed by atoms with E-state index in [1.807, 2.05) is 0 Å². The first-order valence-corrected chi connectivity index (χ1v) is 6.50. The van der Waals surface area contributed by atoms with Crippen molar-refractivity contribution in [1.29, 1.82) is 0 Å². The zero-order valence-corrected chi connectivity index (χ0v) is 12.5. The molecule has 0 radical (unpaired) electrons. The summed E-state index contributed by atoms with van der Waals surface area (Å²) in [4.78, 5) is 18.1. The van der Waals surface area contributed by atoms with Crippen molar-refractivity contribution in [1.82, 2.24) is 9.97 Å². The fraction of sp³-hybridized carbons (Fsp3) is 0.0909. The second-order valence-corrected chi connectivity index (χ2v) is 4.85. The molecule has 1 aromatic carbocycles. The summed E-state index contributed by atoms with van der Waals surface area (Å²) in [5.74, 6) is 0.278. The number of ether oxygens (including phenoxy) is 1. The summed E-state index contributed by atoms with van der Waals surface area (Å²) in [6.45, 7) is 0. The van der Waals surface area contributed by atoms with Gasteiger partial charge in [0.1, 0.15) is 12.1 Å². The zero-order chi connectivity index (χ0) is 14.7. The van der Waals surface area contributed by atoms with E-state index in [1.54, 1.807) is 18.2 Å². The number of halogens is 2. The van der Waals surface area contributed by atoms with Crippen LogP contribution in [0.3, 0.4) is 0 Å². The molecule has 0 aliphatic heterocycles. The minimum atomic E-state index is -0.606. The highest BCUT2D eigenvalue weighted by molar-refractivity contribution is 9.10. The maximum Gasteiger partial charge on any atom is 0.373 e. The van der Waals surface area contributed by atoms with Crippen LogP contribution in [-0.4, -0.2) is 21.9 Å². The average Bonchev–Trinajstić information content (AvgIpc) is 2.41. The van der Waals surface area contributed by atoms with Gasteiger partial charge in [0.25, 0.3) is 0 Å². The van der Waals surface area contributed by atoms with Gasteiger partial charge in [0, 0.05) is 12.1 Å².